The largest absolute Gasteiger partial charge is 0.456 e. The first-order chi connectivity index (χ1) is 32.6. The molecule has 314 valence electrons. The SMILES string of the molecule is c1ccc(-c2ccc(CCc3cc(CCc4ccc(-c5ccccn5)cc4)cc(-c4ccccc4-c4ccc(-c5cc6c(cn5)oc5cc7c(cc56)oc5ccccc57)cc4)c3)cc2)nc1. The summed E-state index contributed by atoms with van der Waals surface area (Å²) < 4.78 is 12.6. The second-order valence-electron chi connectivity index (χ2n) is 17.1. The van der Waals surface area contributed by atoms with E-state index in [0.29, 0.717) is 0 Å². The molecule has 0 aliphatic heterocycles. The van der Waals surface area contributed by atoms with Gasteiger partial charge in [0.25, 0.3) is 0 Å². The fourth-order valence-corrected chi connectivity index (χ4v) is 9.40. The first-order valence-corrected chi connectivity index (χ1v) is 22.6. The van der Waals surface area contributed by atoms with Crippen molar-refractivity contribution in [1.29, 1.82) is 0 Å². The summed E-state index contributed by atoms with van der Waals surface area (Å²) in [6.45, 7) is 0. The van der Waals surface area contributed by atoms with Gasteiger partial charge in [-0.1, -0.05) is 146 Å². The fraction of sp³-hybridized carbons (Fsp3) is 0.0656. The maximum absolute atomic E-state index is 6.32. The maximum Gasteiger partial charge on any atom is 0.153 e. The lowest BCUT2D eigenvalue weighted by molar-refractivity contribution is 0.663. The van der Waals surface area contributed by atoms with Crippen molar-refractivity contribution in [3.63, 3.8) is 0 Å². The van der Waals surface area contributed by atoms with Crippen molar-refractivity contribution in [2.75, 3.05) is 0 Å². The van der Waals surface area contributed by atoms with Crippen LogP contribution in [0.5, 0.6) is 0 Å². The molecular formula is C61H43N3O2. The van der Waals surface area contributed by atoms with E-state index in [1.165, 1.54) is 38.9 Å². The number of nitrogens with zero attached hydrogens (tertiary/aromatic N) is 3. The minimum atomic E-state index is 0.759. The molecule has 0 unspecified atom stereocenters. The van der Waals surface area contributed by atoms with Gasteiger partial charge in [0, 0.05) is 50.6 Å². The third-order valence-corrected chi connectivity index (χ3v) is 12.9. The second-order valence-corrected chi connectivity index (χ2v) is 17.1. The van der Waals surface area contributed by atoms with Gasteiger partial charge in [-0.25, -0.2) is 0 Å². The zero-order chi connectivity index (χ0) is 43.8. The van der Waals surface area contributed by atoms with Crippen LogP contribution >= 0.6 is 0 Å². The molecule has 0 bridgehead atoms. The van der Waals surface area contributed by atoms with Crippen LogP contribution in [0.15, 0.2) is 222 Å². The number of hydrogen-bond donors (Lipinski definition) is 0. The Labute approximate surface area is 382 Å². The predicted molar refractivity (Wildman–Crippen MR) is 269 cm³/mol. The number of pyridine rings is 3. The number of hydrogen-bond acceptors (Lipinski definition) is 5. The van der Waals surface area contributed by atoms with E-state index in [0.717, 1.165) is 109 Å². The second kappa shape index (κ2) is 16.9. The highest BCUT2D eigenvalue weighted by Crippen LogP contribution is 2.39. The minimum Gasteiger partial charge on any atom is -0.456 e. The number of para-hydroxylation sites is 1. The van der Waals surface area contributed by atoms with E-state index in [4.69, 9.17) is 13.8 Å². The van der Waals surface area contributed by atoms with Crippen LogP contribution in [-0.4, -0.2) is 15.0 Å². The Bertz CT molecular complexity index is 3560. The van der Waals surface area contributed by atoms with Gasteiger partial charge < -0.3 is 8.83 Å². The number of furan rings is 2. The zero-order valence-electron chi connectivity index (χ0n) is 36.2. The molecule has 7 aromatic carbocycles. The lowest BCUT2D eigenvalue weighted by Crippen LogP contribution is -1.98. The van der Waals surface area contributed by atoms with Gasteiger partial charge in [0.2, 0.25) is 0 Å². The Hall–Kier alpha value is -8.41. The van der Waals surface area contributed by atoms with Crippen molar-refractivity contribution in [2.24, 2.45) is 0 Å². The molecule has 0 atom stereocenters. The molecule has 0 saturated heterocycles. The molecule has 12 rings (SSSR count). The Kier molecular flexibility index (Phi) is 10.1. The highest BCUT2D eigenvalue weighted by molar-refractivity contribution is 6.15. The van der Waals surface area contributed by atoms with Gasteiger partial charge in [0.1, 0.15) is 16.7 Å². The summed E-state index contributed by atoms with van der Waals surface area (Å²) in [7, 11) is 0. The summed E-state index contributed by atoms with van der Waals surface area (Å²) in [5, 5.41) is 4.17. The highest BCUT2D eigenvalue weighted by Gasteiger charge is 2.16. The smallest absolute Gasteiger partial charge is 0.153 e. The van der Waals surface area contributed by atoms with E-state index in [9.17, 15) is 0 Å². The summed E-state index contributed by atoms with van der Waals surface area (Å²) in [5.41, 5.74) is 19.6. The van der Waals surface area contributed by atoms with E-state index in [-0.39, 0.29) is 0 Å². The lowest BCUT2D eigenvalue weighted by Gasteiger charge is -2.15. The molecule has 12 aromatic rings. The molecule has 5 heterocycles. The first-order valence-electron chi connectivity index (χ1n) is 22.6. The van der Waals surface area contributed by atoms with Gasteiger partial charge in [-0.05, 0) is 119 Å². The first kappa shape index (κ1) is 39.2. The summed E-state index contributed by atoms with van der Waals surface area (Å²) in [4.78, 5) is 13.9. The number of benzene rings is 7. The van der Waals surface area contributed by atoms with Crippen LogP contribution in [-0.2, 0) is 25.7 Å². The third kappa shape index (κ3) is 7.71. The van der Waals surface area contributed by atoms with Gasteiger partial charge in [-0.3, -0.25) is 15.0 Å². The third-order valence-electron chi connectivity index (χ3n) is 12.9. The van der Waals surface area contributed by atoms with Crippen LogP contribution in [0.1, 0.15) is 22.3 Å². The molecule has 0 radical (unpaired) electrons. The lowest BCUT2D eigenvalue weighted by atomic mass is 9.90. The van der Waals surface area contributed by atoms with Crippen LogP contribution in [0.2, 0.25) is 0 Å². The number of aromatic nitrogens is 3. The Morgan fingerprint density at radius 3 is 1.36 bits per heavy atom. The van der Waals surface area contributed by atoms with Crippen LogP contribution in [0.25, 0.3) is 99.9 Å². The predicted octanol–water partition coefficient (Wildman–Crippen LogP) is 15.6. The normalized spacial score (nSPS) is 11.6. The average Bonchev–Trinajstić information content (AvgIpc) is 3.94. The fourth-order valence-electron chi connectivity index (χ4n) is 9.40. The van der Waals surface area contributed by atoms with Gasteiger partial charge in [-0.15, -0.1) is 0 Å². The van der Waals surface area contributed by atoms with Crippen molar-refractivity contribution in [3.8, 4) is 56.0 Å². The molecule has 0 N–H and O–H groups in total. The van der Waals surface area contributed by atoms with Gasteiger partial charge >= 0.3 is 0 Å². The Balaban J connectivity index is 0.841. The summed E-state index contributed by atoms with van der Waals surface area (Å²) >= 11 is 0. The van der Waals surface area contributed by atoms with Crippen molar-refractivity contribution in [3.05, 3.63) is 235 Å². The van der Waals surface area contributed by atoms with Crippen molar-refractivity contribution in [2.45, 2.75) is 25.7 Å². The molecule has 5 aromatic heterocycles. The number of fused-ring (bicyclic) bond motifs is 6. The molecule has 66 heavy (non-hydrogen) atoms. The molecule has 0 fully saturated rings. The van der Waals surface area contributed by atoms with Gasteiger partial charge in [0.15, 0.2) is 5.58 Å². The molecule has 0 amide bonds. The maximum atomic E-state index is 6.32. The molecule has 0 spiro atoms. The van der Waals surface area contributed by atoms with Gasteiger partial charge in [-0.2, -0.15) is 0 Å². The summed E-state index contributed by atoms with van der Waals surface area (Å²) in [6, 6.07) is 69.1. The topological polar surface area (TPSA) is 65.0 Å². The zero-order valence-corrected chi connectivity index (χ0v) is 36.2. The standard InChI is InChI=1S/C61H43N3O2/c1-2-10-50(49(9-1)44-27-29-47(30-28-44)57-36-52-54-38-59-53(37-60(54)66-61(52)39-64-57)51-11-3-4-14-58(51)65-59)48-34-42(17-15-40-19-23-45(24-20-40)55-12-5-7-31-62-55)33-43(35-48)18-16-41-21-25-46(26-22-41)56-13-6-8-32-63-56/h1-14,19-39H,15-18H2. The molecule has 5 heteroatoms. The van der Waals surface area contributed by atoms with Gasteiger partial charge in [0.05, 0.1) is 23.3 Å². The number of rotatable bonds is 11. The van der Waals surface area contributed by atoms with E-state index in [2.05, 4.69) is 162 Å². The molecule has 0 saturated carbocycles. The molecule has 0 aliphatic rings. The average molecular weight is 850 g/mol. The van der Waals surface area contributed by atoms with Crippen molar-refractivity contribution >= 4 is 43.9 Å². The molecular weight excluding hydrogens is 807 g/mol. The summed E-state index contributed by atoms with van der Waals surface area (Å²) in [6.07, 6.45) is 9.30. The minimum absolute atomic E-state index is 0.759. The van der Waals surface area contributed by atoms with Crippen LogP contribution in [0.3, 0.4) is 0 Å². The van der Waals surface area contributed by atoms with E-state index in [1.54, 1.807) is 0 Å². The van der Waals surface area contributed by atoms with Crippen LogP contribution in [0.4, 0.5) is 0 Å². The monoisotopic (exact) mass is 849 g/mol. The van der Waals surface area contributed by atoms with Crippen LogP contribution in [0, 0.1) is 0 Å². The molecule has 5 nitrogen and oxygen atoms in total. The number of aryl methyl sites for hydroxylation is 4. The van der Waals surface area contributed by atoms with Crippen molar-refractivity contribution < 1.29 is 8.83 Å². The van der Waals surface area contributed by atoms with Crippen LogP contribution < -0.4 is 0 Å². The Morgan fingerprint density at radius 1 is 0.288 bits per heavy atom. The Morgan fingerprint density at radius 2 is 0.758 bits per heavy atom. The van der Waals surface area contributed by atoms with Crippen molar-refractivity contribution in [1.82, 2.24) is 15.0 Å². The van der Waals surface area contributed by atoms with E-state index >= 15 is 0 Å². The van der Waals surface area contributed by atoms with E-state index < -0.39 is 0 Å². The summed E-state index contributed by atoms with van der Waals surface area (Å²) in [5.74, 6) is 0. The molecule has 0 aliphatic carbocycles. The quantitative estimate of drug-likeness (QED) is 0.130. The van der Waals surface area contributed by atoms with E-state index in [1.807, 2.05) is 61.1 Å². The highest BCUT2D eigenvalue weighted by atomic mass is 16.3.